The van der Waals surface area contributed by atoms with Crippen molar-refractivity contribution in [3.8, 4) is 11.4 Å². The molecule has 3 aromatic rings. The zero-order valence-corrected chi connectivity index (χ0v) is 16.2. The van der Waals surface area contributed by atoms with Gasteiger partial charge in [-0.1, -0.05) is 26.0 Å². The van der Waals surface area contributed by atoms with Crippen LogP contribution in [0.3, 0.4) is 0 Å². The van der Waals surface area contributed by atoms with Crippen molar-refractivity contribution in [1.82, 2.24) is 24.5 Å². The number of carbonyl (C=O) groups excluding carboxylic acids is 1. The lowest BCUT2D eigenvalue weighted by atomic mass is 10.0. The van der Waals surface area contributed by atoms with Crippen LogP contribution in [0.2, 0.25) is 0 Å². The average Bonchev–Trinajstić information content (AvgIpc) is 3.34. The lowest BCUT2D eigenvalue weighted by Gasteiger charge is -2.07. The molecule has 3 rings (SSSR count). The molecule has 8 heteroatoms. The fraction of sp³-hybridized carbons (Fsp3) is 0.400. The number of hydrogen-bond donors (Lipinski definition) is 1. The number of esters is 1. The van der Waals surface area contributed by atoms with E-state index in [-0.39, 0.29) is 18.1 Å². The maximum absolute atomic E-state index is 12.2. The second kappa shape index (κ2) is 9.16. The summed E-state index contributed by atoms with van der Waals surface area (Å²) in [7, 11) is 0. The van der Waals surface area contributed by atoms with E-state index in [9.17, 15) is 9.90 Å². The molecule has 148 valence electrons. The maximum Gasteiger partial charge on any atom is 0.362 e. The first-order valence-corrected chi connectivity index (χ1v) is 9.43. The van der Waals surface area contributed by atoms with Crippen molar-refractivity contribution in [3.05, 3.63) is 54.4 Å². The van der Waals surface area contributed by atoms with Crippen molar-refractivity contribution in [3.63, 3.8) is 0 Å². The highest BCUT2D eigenvalue weighted by Crippen LogP contribution is 2.22. The van der Waals surface area contributed by atoms with Crippen LogP contribution < -0.4 is 0 Å². The minimum Gasteiger partial charge on any atom is -0.504 e. The topological polar surface area (TPSA) is 95.1 Å². The second-order valence-corrected chi connectivity index (χ2v) is 6.91. The lowest BCUT2D eigenvalue weighted by Crippen LogP contribution is -2.09. The van der Waals surface area contributed by atoms with Crippen LogP contribution in [0.15, 0.2) is 43.1 Å². The zero-order chi connectivity index (χ0) is 19.9. The summed E-state index contributed by atoms with van der Waals surface area (Å²) in [5.74, 6) is -0.434. The summed E-state index contributed by atoms with van der Waals surface area (Å²) in [5.41, 5.74) is 1.87. The van der Waals surface area contributed by atoms with Crippen LogP contribution in [0.5, 0.6) is 5.75 Å². The second-order valence-electron chi connectivity index (χ2n) is 6.91. The van der Waals surface area contributed by atoms with E-state index in [1.165, 1.54) is 17.2 Å². The quantitative estimate of drug-likeness (QED) is 0.450. The van der Waals surface area contributed by atoms with Gasteiger partial charge in [-0.3, -0.25) is 4.68 Å². The lowest BCUT2D eigenvalue weighted by molar-refractivity contribution is 0.0487. The highest BCUT2D eigenvalue weighted by molar-refractivity contribution is 5.90. The molecule has 2 heterocycles. The van der Waals surface area contributed by atoms with Crippen LogP contribution >= 0.6 is 0 Å². The maximum atomic E-state index is 12.2. The van der Waals surface area contributed by atoms with Gasteiger partial charge < -0.3 is 9.84 Å². The van der Waals surface area contributed by atoms with Crippen LogP contribution in [0.1, 0.15) is 55.1 Å². The molecule has 0 aliphatic heterocycles. The number of nitrogens with zero attached hydrogens (tertiary/aromatic N) is 5. The smallest absolute Gasteiger partial charge is 0.362 e. The van der Waals surface area contributed by atoms with Gasteiger partial charge in [0, 0.05) is 6.54 Å². The molecule has 1 aromatic carbocycles. The van der Waals surface area contributed by atoms with E-state index in [1.54, 1.807) is 11.0 Å². The van der Waals surface area contributed by atoms with Gasteiger partial charge in [0.25, 0.3) is 0 Å². The Morgan fingerprint density at radius 2 is 2.11 bits per heavy atom. The molecule has 0 unspecified atom stereocenters. The molecule has 0 amide bonds. The summed E-state index contributed by atoms with van der Waals surface area (Å²) in [6.45, 7) is 5.28. The number of aromatic hydroxyl groups is 1. The molecule has 8 nitrogen and oxygen atoms in total. The van der Waals surface area contributed by atoms with Crippen molar-refractivity contribution < 1.29 is 14.6 Å². The Hall–Kier alpha value is -3.16. The molecule has 0 spiro atoms. The highest BCUT2D eigenvalue weighted by atomic mass is 16.5. The predicted octanol–water partition coefficient (Wildman–Crippen LogP) is 3.32. The molecule has 1 N–H and O–H groups in total. The Balaban J connectivity index is 1.51. The Morgan fingerprint density at radius 1 is 1.25 bits per heavy atom. The van der Waals surface area contributed by atoms with Gasteiger partial charge in [0.15, 0.2) is 5.75 Å². The molecule has 0 bridgehead atoms. The summed E-state index contributed by atoms with van der Waals surface area (Å²) in [4.78, 5) is 16.1. The third-order valence-electron chi connectivity index (χ3n) is 4.42. The highest BCUT2D eigenvalue weighted by Gasteiger charge is 2.18. The van der Waals surface area contributed by atoms with Crippen LogP contribution in [0.4, 0.5) is 0 Å². The van der Waals surface area contributed by atoms with Gasteiger partial charge in [0.05, 0.1) is 18.5 Å². The Labute approximate surface area is 163 Å². The van der Waals surface area contributed by atoms with Crippen molar-refractivity contribution in [2.75, 3.05) is 6.61 Å². The molecule has 0 atom stereocenters. The molecule has 0 aliphatic rings. The van der Waals surface area contributed by atoms with Gasteiger partial charge in [-0.05, 0) is 42.9 Å². The average molecular weight is 383 g/mol. The minimum absolute atomic E-state index is 0.0717. The first-order chi connectivity index (χ1) is 13.5. The van der Waals surface area contributed by atoms with Crippen molar-refractivity contribution >= 4 is 5.97 Å². The summed E-state index contributed by atoms with van der Waals surface area (Å²) < 4.78 is 8.51. The molecular formula is C20H25N5O3. The number of rotatable bonds is 9. The zero-order valence-electron chi connectivity index (χ0n) is 16.2. The number of hydrogen-bond acceptors (Lipinski definition) is 6. The van der Waals surface area contributed by atoms with Crippen LogP contribution in [0.25, 0.3) is 5.69 Å². The van der Waals surface area contributed by atoms with E-state index in [0.29, 0.717) is 5.92 Å². The van der Waals surface area contributed by atoms with Gasteiger partial charge in [-0.2, -0.15) is 10.2 Å². The number of carbonyl (C=O) groups is 1. The molecule has 0 saturated carbocycles. The predicted molar refractivity (Wildman–Crippen MR) is 103 cm³/mol. The largest absolute Gasteiger partial charge is 0.504 e. The van der Waals surface area contributed by atoms with Crippen LogP contribution in [0, 0.1) is 0 Å². The molecule has 28 heavy (non-hydrogen) atoms. The molecule has 0 radical (unpaired) electrons. The van der Waals surface area contributed by atoms with Gasteiger partial charge in [0.2, 0.25) is 5.69 Å². The van der Waals surface area contributed by atoms with E-state index in [0.717, 1.165) is 37.1 Å². The van der Waals surface area contributed by atoms with Crippen molar-refractivity contribution in [2.24, 2.45) is 0 Å². The molecular weight excluding hydrogens is 358 g/mol. The van der Waals surface area contributed by atoms with Crippen molar-refractivity contribution in [1.29, 1.82) is 0 Å². The van der Waals surface area contributed by atoms with Gasteiger partial charge >= 0.3 is 5.97 Å². The van der Waals surface area contributed by atoms with E-state index in [2.05, 4.69) is 29.0 Å². The van der Waals surface area contributed by atoms with Crippen LogP contribution in [-0.2, 0) is 11.3 Å². The summed E-state index contributed by atoms with van der Waals surface area (Å²) >= 11 is 0. The third-order valence-corrected chi connectivity index (χ3v) is 4.42. The molecule has 2 aromatic heterocycles. The monoisotopic (exact) mass is 383 g/mol. The Bertz CT molecular complexity index is 902. The van der Waals surface area contributed by atoms with Gasteiger partial charge in [0.1, 0.15) is 12.7 Å². The number of unbranched alkanes of at least 4 members (excludes halogenated alkanes) is 2. The summed E-state index contributed by atoms with van der Waals surface area (Å²) in [5, 5.41) is 18.3. The standard InChI is InChI=1S/C20H25N5O3/c1-15(2)16-7-6-8-17(11-16)25-12-18(26)19(23-25)20(27)28-10-5-3-4-9-24-14-21-13-22-24/h6-8,11-15,26H,3-5,9-10H2,1-2H3. The van der Waals surface area contributed by atoms with Gasteiger partial charge in [-0.15, -0.1) is 0 Å². The Kier molecular flexibility index (Phi) is 6.41. The fourth-order valence-corrected chi connectivity index (χ4v) is 2.80. The van der Waals surface area contributed by atoms with Crippen molar-refractivity contribution in [2.45, 2.75) is 45.6 Å². The fourth-order valence-electron chi connectivity index (χ4n) is 2.80. The third kappa shape index (κ3) is 4.97. The number of benzene rings is 1. The van der Waals surface area contributed by atoms with E-state index in [1.807, 2.05) is 24.3 Å². The first-order valence-electron chi connectivity index (χ1n) is 9.43. The Morgan fingerprint density at radius 3 is 2.86 bits per heavy atom. The van der Waals surface area contributed by atoms with Gasteiger partial charge in [-0.25, -0.2) is 14.5 Å². The van der Waals surface area contributed by atoms with E-state index < -0.39 is 5.97 Å². The van der Waals surface area contributed by atoms with E-state index in [4.69, 9.17) is 4.74 Å². The molecule has 0 aliphatic carbocycles. The number of aromatic nitrogens is 5. The molecule has 0 saturated heterocycles. The number of aryl methyl sites for hydroxylation is 1. The molecule has 0 fully saturated rings. The minimum atomic E-state index is -0.618. The number of ether oxygens (including phenoxy) is 1. The summed E-state index contributed by atoms with van der Waals surface area (Å²) in [6, 6.07) is 7.83. The SMILES string of the molecule is CC(C)c1cccc(-n2cc(O)c(C(=O)OCCCCCn3cncn3)n2)c1. The van der Waals surface area contributed by atoms with Crippen LogP contribution in [-0.4, -0.2) is 42.2 Å². The normalized spacial score (nSPS) is 11.1. The van der Waals surface area contributed by atoms with E-state index >= 15 is 0 Å². The summed E-state index contributed by atoms with van der Waals surface area (Å²) in [6.07, 6.45) is 7.16. The first kappa shape index (κ1) is 19.6.